The van der Waals surface area contributed by atoms with Crippen LogP contribution < -0.4 is 43.4 Å². The van der Waals surface area contributed by atoms with Crippen LogP contribution in [0, 0.1) is 0 Å². The Morgan fingerprint density at radius 2 is 1.40 bits per heavy atom. The van der Waals surface area contributed by atoms with Gasteiger partial charge in [0.2, 0.25) is 17.8 Å². The lowest BCUT2D eigenvalue weighted by Gasteiger charge is -2.27. The normalized spacial score (nSPS) is 21.9. The predicted molar refractivity (Wildman–Crippen MR) is 169 cm³/mol. The zero-order valence-electron chi connectivity index (χ0n) is 23.7. The van der Waals surface area contributed by atoms with Gasteiger partial charge in [-0.25, -0.2) is 0 Å². The summed E-state index contributed by atoms with van der Waals surface area (Å²) in [5.41, 5.74) is 26.1. The molecule has 6 rings (SSSR count). The van der Waals surface area contributed by atoms with Crippen LogP contribution in [0.2, 0.25) is 0 Å². The van der Waals surface area contributed by atoms with Gasteiger partial charge in [-0.1, -0.05) is 30.3 Å². The Labute approximate surface area is 249 Å². The van der Waals surface area contributed by atoms with E-state index in [2.05, 4.69) is 10.6 Å². The molecule has 0 radical (unpaired) electrons. The maximum atomic E-state index is 13.0. The molecular weight excluding hydrogens is 546 g/mol. The largest absolute Gasteiger partial charge is 0.506 e. The van der Waals surface area contributed by atoms with Crippen molar-refractivity contribution in [2.45, 2.75) is 37.0 Å². The molecule has 0 aliphatic carbocycles. The van der Waals surface area contributed by atoms with E-state index in [0.717, 1.165) is 18.2 Å². The van der Waals surface area contributed by atoms with E-state index in [9.17, 15) is 9.90 Å². The SMILES string of the molecule is NC[C@@H]1C[C@H](N)CN1c1nc(Nc2ccc(NC(=O)c3ccc4ccccc4c3O)cc2)nc(N2C[C@@H](N)C[C@H]2CN)n1. The first-order chi connectivity index (χ1) is 20.8. The van der Waals surface area contributed by atoms with Crippen LogP contribution in [0.1, 0.15) is 23.2 Å². The summed E-state index contributed by atoms with van der Waals surface area (Å²) in [5.74, 6) is 0.872. The molecule has 0 saturated carbocycles. The number of benzene rings is 3. The van der Waals surface area contributed by atoms with E-state index in [1.165, 1.54) is 0 Å². The van der Waals surface area contributed by atoms with Crippen molar-refractivity contribution in [3.63, 3.8) is 0 Å². The number of aromatic nitrogens is 3. The highest BCUT2D eigenvalue weighted by Gasteiger charge is 2.35. The number of aromatic hydroxyl groups is 1. The highest BCUT2D eigenvalue weighted by molar-refractivity contribution is 6.09. The Kier molecular flexibility index (Phi) is 7.95. The molecule has 2 saturated heterocycles. The van der Waals surface area contributed by atoms with Gasteiger partial charge in [-0.15, -0.1) is 0 Å². The maximum Gasteiger partial charge on any atom is 0.259 e. The zero-order valence-corrected chi connectivity index (χ0v) is 23.7. The molecular formula is C30H37N11O2. The lowest BCUT2D eigenvalue weighted by molar-refractivity contribution is 0.102. The Balaban J connectivity index is 1.23. The van der Waals surface area contributed by atoms with Gasteiger partial charge in [0.1, 0.15) is 5.75 Å². The number of phenols is 1. The van der Waals surface area contributed by atoms with Crippen LogP contribution in [-0.2, 0) is 0 Å². The third-order valence-electron chi connectivity index (χ3n) is 8.11. The molecule has 2 aliphatic rings. The topological polar surface area (TPSA) is 211 Å². The molecule has 3 aromatic carbocycles. The smallest absolute Gasteiger partial charge is 0.259 e. The fourth-order valence-corrected chi connectivity index (χ4v) is 5.91. The second kappa shape index (κ2) is 12.0. The van der Waals surface area contributed by atoms with Gasteiger partial charge in [0.15, 0.2) is 0 Å². The number of hydrogen-bond donors (Lipinski definition) is 7. The number of anilines is 5. The number of carbonyl (C=O) groups is 1. The van der Waals surface area contributed by atoms with Gasteiger partial charge in [0, 0.05) is 67.1 Å². The van der Waals surface area contributed by atoms with Crippen LogP contribution in [0.4, 0.5) is 29.2 Å². The molecule has 4 aromatic rings. The van der Waals surface area contributed by atoms with Gasteiger partial charge in [0.05, 0.1) is 5.56 Å². The van der Waals surface area contributed by atoms with Crippen LogP contribution >= 0.6 is 0 Å². The van der Waals surface area contributed by atoms with E-state index < -0.39 is 5.91 Å². The molecule has 0 bridgehead atoms. The number of hydrogen-bond acceptors (Lipinski definition) is 12. The molecule has 2 fully saturated rings. The van der Waals surface area contributed by atoms with E-state index in [1.807, 2.05) is 46.2 Å². The van der Waals surface area contributed by atoms with Crippen LogP contribution in [0.5, 0.6) is 5.75 Å². The first-order valence-corrected chi connectivity index (χ1v) is 14.4. The van der Waals surface area contributed by atoms with E-state index in [0.29, 0.717) is 60.8 Å². The molecule has 4 atom stereocenters. The van der Waals surface area contributed by atoms with Gasteiger partial charge in [-0.05, 0) is 48.6 Å². The lowest BCUT2D eigenvalue weighted by Crippen LogP contribution is -2.39. The molecule has 3 heterocycles. The second-order valence-corrected chi connectivity index (χ2v) is 11.2. The van der Waals surface area contributed by atoms with Crippen molar-refractivity contribution in [3.8, 4) is 5.75 Å². The van der Waals surface area contributed by atoms with Crippen molar-refractivity contribution < 1.29 is 9.90 Å². The molecule has 13 heteroatoms. The second-order valence-electron chi connectivity index (χ2n) is 11.2. The summed E-state index contributed by atoms with van der Waals surface area (Å²) >= 11 is 0. The molecule has 0 spiro atoms. The van der Waals surface area contributed by atoms with E-state index in [-0.39, 0.29) is 35.5 Å². The Morgan fingerprint density at radius 1 is 0.814 bits per heavy atom. The van der Waals surface area contributed by atoms with Crippen molar-refractivity contribution >= 4 is 45.9 Å². The summed E-state index contributed by atoms with van der Waals surface area (Å²) in [6.07, 6.45) is 1.51. The third-order valence-corrected chi connectivity index (χ3v) is 8.11. The van der Waals surface area contributed by atoms with Crippen LogP contribution in [0.15, 0.2) is 60.7 Å². The maximum absolute atomic E-state index is 13.0. The average molecular weight is 584 g/mol. The van der Waals surface area contributed by atoms with Gasteiger partial charge in [-0.3, -0.25) is 4.79 Å². The minimum atomic E-state index is -0.410. The van der Waals surface area contributed by atoms with Crippen molar-refractivity contribution in [3.05, 3.63) is 66.2 Å². The van der Waals surface area contributed by atoms with E-state index in [1.54, 1.807) is 24.3 Å². The monoisotopic (exact) mass is 583 g/mol. The molecule has 0 unspecified atom stereocenters. The molecule has 43 heavy (non-hydrogen) atoms. The van der Waals surface area contributed by atoms with Gasteiger partial charge < -0.3 is 48.5 Å². The highest BCUT2D eigenvalue weighted by Crippen LogP contribution is 2.31. The summed E-state index contributed by atoms with van der Waals surface area (Å²) in [7, 11) is 0. The Bertz CT molecular complexity index is 1570. The number of nitrogens with zero attached hydrogens (tertiary/aromatic N) is 5. The number of nitrogens with two attached hydrogens (primary N) is 4. The molecule has 2 aliphatic heterocycles. The van der Waals surface area contributed by atoms with E-state index in [4.69, 9.17) is 37.9 Å². The number of carbonyl (C=O) groups excluding carboxylic acids is 1. The molecule has 11 N–H and O–H groups in total. The summed E-state index contributed by atoms with van der Waals surface area (Å²) < 4.78 is 0. The van der Waals surface area contributed by atoms with Crippen molar-refractivity contribution in [1.29, 1.82) is 0 Å². The number of fused-ring (bicyclic) bond motifs is 1. The fraction of sp³-hybridized carbons (Fsp3) is 0.333. The van der Waals surface area contributed by atoms with Crippen LogP contribution in [0.3, 0.4) is 0 Å². The first kappa shape index (κ1) is 28.6. The summed E-state index contributed by atoms with van der Waals surface area (Å²) in [6.45, 7) is 2.04. The van der Waals surface area contributed by atoms with Gasteiger partial charge >= 0.3 is 0 Å². The standard InChI is InChI=1S/C30H37N11O2/c31-13-22-11-18(33)15-40(22)29-37-28(38-30(39-29)41-16-19(34)12-23(41)14-32)36-21-8-6-20(7-9-21)35-27(43)25-10-5-17-3-1-2-4-24(17)26(25)42/h1-10,18-19,22-23,42H,11-16,31-34H2,(H,35,43)(H,36,37,38,39)/t18-,19-,22-,23-/m0/s1. The van der Waals surface area contributed by atoms with Crippen molar-refractivity contribution in [2.75, 3.05) is 46.6 Å². The van der Waals surface area contributed by atoms with Crippen molar-refractivity contribution in [1.82, 2.24) is 15.0 Å². The summed E-state index contributed by atoms with van der Waals surface area (Å²) in [5, 5.41) is 18.3. The zero-order chi connectivity index (χ0) is 30.1. The number of rotatable bonds is 8. The predicted octanol–water partition coefficient (Wildman–Crippen LogP) is 1.46. The van der Waals surface area contributed by atoms with Crippen LogP contribution in [-0.4, -0.2) is 76.3 Å². The first-order valence-electron chi connectivity index (χ1n) is 14.4. The summed E-state index contributed by atoms with van der Waals surface area (Å²) in [6, 6.07) is 17.9. The lowest BCUT2D eigenvalue weighted by atomic mass is 10.0. The summed E-state index contributed by atoms with van der Waals surface area (Å²) in [4.78, 5) is 31.3. The van der Waals surface area contributed by atoms with Crippen LogP contribution in [0.25, 0.3) is 10.8 Å². The van der Waals surface area contributed by atoms with Gasteiger partial charge in [-0.2, -0.15) is 15.0 Å². The number of nitrogens with one attached hydrogen (secondary N) is 2. The minimum Gasteiger partial charge on any atom is -0.506 e. The highest BCUT2D eigenvalue weighted by atomic mass is 16.3. The third kappa shape index (κ3) is 5.88. The molecule has 1 aromatic heterocycles. The fourth-order valence-electron chi connectivity index (χ4n) is 5.91. The minimum absolute atomic E-state index is 0.0224. The Morgan fingerprint density at radius 3 is 2.00 bits per heavy atom. The molecule has 224 valence electrons. The average Bonchev–Trinajstić information content (AvgIpc) is 3.59. The number of phenolic OH excluding ortho intramolecular Hbond substituents is 1. The molecule has 13 nitrogen and oxygen atoms in total. The molecule has 1 amide bonds. The van der Waals surface area contributed by atoms with Crippen molar-refractivity contribution in [2.24, 2.45) is 22.9 Å². The quantitative estimate of drug-likeness (QED) is 0.157. The van der Waals surface area contributed by atoms with E-state index >= 15 is 0 Å². The van der Waals surface area contributed by atoms with Gasteiger partial charge in [0.25, 0.3) is 5.91 Å². The Hall–Kier alpha value is -4.56. The number of amides is 1.